The van der Waals surface area contributed by atoms with E-state index in [9.17, 15) is 28.6 Å². The lowest BCUT2D eigenvalue weighted by molar-refractivity contribution is -0.153. The minimum absolute atomic E-state index is 0.0213. The highest BCUT2D eigenvalue weighted by Gasteiger charge is 2.34. The number of halogens is 2. The number of aliphatic hydroxyl groups is 2. The average molecular weight is 419 g/mol. The molecule has 0 saturated carbocycles. The quantitative estimate of drug-likeness (QED) is 0.640. The maximum atomic E-state index is 13.0. The van der Waals surface area contributed by atoms with E-state index in [1.165, 1.54) is 41.3 Å². The van der Waals surface area contributed by atoms with E-state index in [1.54, 1.807) is 12.1 Å². The summed E-state index contributed by atoms with van der Waals surface area (Å²) >= 11 is 0. The van der Waals surface area contributed by atoms with Crippen molar-refractivity contribution >= 4 is 17.5 Å². The Morgan fingerprint density at radius 1 is 0.867 bits per heavy atom. The number of piperazine rings is 1. The minimum Gasteiger partial charge on any atom is -0.380 e. The molecule has 160 valence electrons. The summed E-state index contributed by atoms with van der Waals surface area (Å²) in [4.78, 5) is 27.9. The second-order valence-electron chi connectivity index (χ2n) is 7.02. The first-order valence-corrected chi connectivity index (χ1v) is 9.53. The van der Waals surface area contributed by atoms with Gasteiger partial charge in [0.25, 0.3) is 11.8 Å². The predicted molar refractivity (Wildman–Crippen MR) is 105 cm³/mol. The third-order valence-corrected chi connectivity index (χ3v) is 4.98. The van der Waals surface area contributed by atoms with E-state index in [-0.39, 0.29) is 25.5 Å². The van der Waals surface area contributed by atoms with Crippen molar-refractivity contribution in [3.05, 3.63) is 65.7 Å². The van der Waals surface area contributed by atoms with Crippen molar-refractivity contribution in [2.45, 2.75) is 18.8 Å². The van der Waals surface area contributed by atoms with Gasteiger partial charge in [0.1, 0.15) is 11.6 Å². The van der Waals surface area contributed by atoms with Crippen LogP contribution in [-0.2, 0) is 16.1 Å². The summed E-state index contributed by atoms with van der Waals surface area (Å²) in [6, 6.07) is 11.4. The Balaban J connectivity index is 1.49. The zero-order valence-corrected chi connectivity index (χ0v) is 16.2. The molecule has 1 heterocycles. The van der Waals surface area contributed by atoms with Gasteiger partial charge in [-0.1, -0.05) is 12.1 Å². The van der Waals surface area contributed by atoms with Crippen molar-refractivity contribution in [2.75, 3.05) is 31.1 Å². The van der Waals surface area contributed by atoms with Crippen LogP contribution in [0.3, 0.4) is 0 Å². The lowest BCUT2D eigenvalue weighted by Gasteiger charge is -2.37. The molecule has 0 radical (unpaired) electrons. The topological polar surface area (TPSA) is 93.1 Å². The van der Waals surface area contributed by atoms with Gasteiger partial charge in [-0.3, -0.25) is 9.59 Å². The lowest BCUT2D eigenvalue weighted by atomic mass is 10.1. The van der Waals surface area contributed by atoms with Gasteiger partial charge in [-0.15, -0.1) is 0 Å². The summed E-state index contributed by atoms with van der Waals surface area (Å²) < 4.78 is 25.9. The highest BCUT2D eigenvalue weighted by Crippen LogP contribution is 2.17. The summed E-state index contributed by atoms with van der Waals surface area (Å²) in [5.41, 5.74) is 1.43. The Hall–Kier alpha value is -3.04. The van der Waals surface area contributed by atoms with Crippen LogP contribution in [0.15, 0.2) is 48.5 Å². The standard InChI is InChI=1S/C21H23F2N3O4/c22-15-3-1-14(2-4-15)13-24-20(29)18(27)19(28)21(30)26-11-9-25(10-12-26)17-7-5-16(23)6-8-17/h1-8,18-19,27-28H,9-13H2,(H,24,29)/t18-,19-/m1/s1. The SMILES string of the molecule is O=C(NCc1ccc(F)cc1)[C@H](O)[C@@H](O)C(=O)N1CCN(c2ccc(F)cc2)CC1. The monoisotopic (exact) mass is 419 g/mol. The number of hydrogen-bond donors (Lipinski definition) is 3. The van der Waals surface area contributed by atoms with Gasteiger partial charge >= 0.3 is 0 Å². The third kappa shape index (κ3) is 5.31. The Morgan fingerprint density at radius 3 is 1.97 bits per heavy atom. The van der Waals surface area contributed by atoms with Crippen LogP contribution in [0.2, 0.25) is 0 Å². The Morgan fingerprint density at radius 2 is 1.40 bits per heavy atom. The maximum absolute atomic E-state index is 13.0. The second kappa shape index (κ2) is 9.64. The fourth-order valence-electron chi connectivity index (χ4n) is 3.20. The maximum Gasteiger partial charge on any atom is 0.254 e. The van der Waals surface area contributed by atoms with E-state index >= 15 is 0 Å². The molecule has 1 fully saturated rings. The van der Waals surface area contributed by atoms with Gasteiger partial charge in [0.2, 0.25) is 0 Å². The molecule has 0 bridgehead atoms. The van der Waals surface area contributed by atoms with Gasteiger partial charge < -0.3 is 25.3 Å². The normalized spacial score (nSPS) is 16.1. The van der Waals surface area contributed by atoms with Crippen molar-refractivity contribution in [3.8, 4) is 0 Å². The zero-order valence-electron chi connectivity index (χ0n) is 16.2. The van der Waals surface area contributed by atoms with E-state index in [4.69, 9.17) is 0 Å². The van der Waals surface area contributed by atoms with E-state index in [1.807, 2.05) is 4.90 Å². The number of rotatable bonds is 6. The molecule has 1 aliphatic heterocycles. The van der Waals surface area contributed by atoms with Crippen LogP contribution in [-0.4, -0.2) is 65.3 Å². The van der Waals surface area contributed by atoms with Gasteiger partial charge in [0.15, 0.2) is 12.2 Å². The van der Waals surface area contributed by atoms with E-state index in [2.05, 4.69) is 5.32 Å². The largest absolute Gasteiger partial charge is 0.380 e. The predicted octanol–water partition coefficient (Wildman–Crippen LogP) is 0.652. The first kappa shape index (κ1) is 21.7. The van der Waals surface area contributed by atoms with Crippen LogP contribution in [0.1, 0.15) is 5.56 Å². The van der Waals surface area contributed by atoms with Crippen molar-refractivity contribution < 1.29 is 28.6 Å². The molecule has 2 aromatic rings. The molecule has 3 rings (SSSR count). The minimum atomic E-state index is -1.92. The molecule has 0 spiro atoms. The second-order valence-corrected chi connectivity index (χ2v) is 7.02. The fourth-order valence-corrected chi connectivity index (χ4v) is 3.20. The van der Waals surface area contributed by atoms with Crippen molar-refractivity contribution in [3.63, 3.8) is 0 Å². The number of benzene rings is 2. The number of nitrogens with zero attached hydrogens (tertiary/aromatic N) is 2. The molecule has 7 nitrogen and oxygen atoms in total. The third-order valence-electron chi connectivity index (χ3n) is 4.98. The number of carbonyl (C=O) groups excluding carboxylic acids is 2. The molecule has 2 amide bonds. The first-order chi connectivity index (χ1) is 14.3. The Labute approximate surface area is 172 Å². The van der Waals surface area contributed by atoms with E-state index in [0.29, 0.717) is 18.7 Å². The molecule has 0 aromatic heterocycles. The molecule has 30 heavy (non-hydrogen) atoms. The van der Waals surface area contributed by atoms with Crippen LogP contribution in [0.5, 0.6) is 0 Å². The molecule has 1 saturated heterocycles. The zero-order chi connectivity index (χ0) is 21.7. The molecule has 0 unspecified atom stereocenters. The average Bonchev–Trinajstić information content (AvgIpc) is 2.77. The van der Waals surface area contributed by atoms with Crippen LogP contribution in [0.4, 0.5) is 14.5 Å². The van der Waals surface area contributed by atoms with Crippen molar-refractivity contribution in [2.24, 2.45) is 0 Å². The Kier molecular flexibility index (Phi) is 6.96. The highest BCUT2D eigenvalue weighted by atomic mass is 19.1. The summed E-state index contributed by atoms with van der Waals surface area (Å²) in [6.45, 7) is 1.54. The van der Waals surface area contributed by atoms with Crippen LogP contribution >= 0.6 is 0 Å². The molecular formula is C21H23F2N3O4. The number of nitrogens with one attached hydrogen (secondary N) is 1. The number of amides is 2. The first-order valence-electron chi connectivity index (χ1n) is 9.53. The summed E-state index contributed by atoms with van der Waals surface area (Å²) in [7, 11) is 0. The molecule has 3 N–H and O–H groups in total. The van der Waals surface area contributed by atoms with Crippen LogP contribution in [0, 0.1) is 11.6 Å². The molecule has 2 aromatic carbocycles. The molecule has 1 aliphatic rings. The van der Waals surface area contributed by atoms with E-state index in [0.717, 1.165) is 5.69 Å². The van der Waals surface area contributed by atoms with Crippen LogP contribution < -0.4 is 10.2 Å². The van der Waals surface area contributed by atoms with Crippen LogP contribution in [0.25, 0.3) is 0 Å². The van der Waals surface area contributed by atoms with Gasteiger partial charge in [-0.2, -0.15) is 0 Å². The van der Waals surface area contributed by atoms with Crippen molar-refractivity contribution in [1.29, 1.82) is 0 Å². The van der Waals surface area contributed by atoms with Gasteiger partial charge in [0.05, 0.1) is 0 Å². The van der Waals surface area contributed by atoms with Gasteiger partial charge in [-0.25, -0.2) is 8.78 Å². The number of anilines is 1. The molecular weight excluding hydrogens is 396 g/mol. The summed E-state index contributed by atoms with van der Waals surface area (Å²) in [5.74, 6) is -2.38. The molecule has 0 aliphatic carbocycles. The van der Waals surface area contributed by atoms with E-state index < -0.39 is 29.8 Å². The lowest BCUT2D eigenvalue weighted by Crippen LogP contribution is -2.55. The molecule has 9 heteroatoms. The van der Waals surface area contributed by atoms with Gasteiger partial charge in [-0.05, 0) is 42.0 Å². The summed E-state index contributed by atoms with van der Waals surface area (Å²) in [6.07, 6.45) is -3.82. The number of carbonyl (C=O) groups is 2. The highest BCUT2D eigenvalue weighted by molar-refractivity contribution is 5.90. The van der Waals surface area contributed by atoms with Gasteiger partial charge in [0, 0.05) is 38.4 Å². The number of aliphatic hydroxyl groups excluding tert-OH is 2. The summed E-state index contributed by atoms with van der Waals surface area (Å²) in [5, 5.41) is 22.6. The smallest absolute Gasteiger partial charge is 0.254 e. The molecule has 2 atom stereocenters. The number of hydrogen-bond acceptors (Lipinski definition) is 5. The Bertz CT molecular complexity index is 869. The van der Waals surface area contributed by atoms with Crippen molar-refractivity contribution in [1.82, 2.24) is 10.2 Å². The fraction of sp³-hybridized carbons (Fsp3) is 0.333.